The predicted molar refractivity (Wildman–Crippen MR) is 39.7 cm³/mol. The van der Waals surface area contributed by atoms with E-state index < -0.39 is 0 Å². The van der Waals surface area contributed by atoms with Gasteiger partial charge in [-0.3, -0.25) is 10.4 Å². The van der Waals surface area contributed by atoms with E-state index in [2.05, 4.69) is 4.98 Å². The summed E-state index contributed by atoms with van der Waals surface area (Å²) in [7, 11) is 0. The van der Waals surface area contributed by atoms with Gasteiger partial charge in [-0.05, 0) is 18.6 Å². The average Bonchev–Trinajstić information content (AvgIpc) is 2.04. The van der Waals surface area contributed by atoms with Crippen molar-refractivity contribution in [3.8, 4) is 6.07 Å². The SMILES string of the molecule is Cc1cnc(C#N)c(N(O)O)c1. The van der Waals surface area contributed by atoms with Crippen LogP contribution < -0.4 is 5.23 Å². The fourth-order valence-electron chi connectivity index (χ4n) is 0.792. The van der Waals surface area contributed by atoms with Crippen LogP contribution >= 0.6 is 0 Å². The van der Waals surface area contributed by atoms with Gasteiger partial charge in [0.05, 0.1) is 0 Å². The molecule has 5 heteroatoms. The highest BCUT2D eigenvalue weighted by Crippen LogP contribution is 2.15. The number of aryl methyl sites for hydroxylation is 1. The molecule has 5 nitrogen and oxygen atoms in total. The van der Waals surface area contributed by atoms with Crippen LogP contribution in [0, 0.1) is 18.3 Å². The Kier molecular flexibility index (Phi) is 2.24. The molecule has 0 aliphatic heterocycles. The summed E-state index contributed by atoms with van der Waals surface area (Å²) in [6.45, 7) is 1.74. The van der Waals surface area contributed by atoms with E-state index in [1.165, 1.54) is 12.3 Å². The van der Waals surface area contributed by atoms with Crippen molar-refractivity contribution in [1.29, 1.82) is 5.26 Å². The van der Waals surface area contributed by atoms with E-state index in [1.807, 2.05) is 0 Å². The Labute approximate surface area is 69.0 Å². The highest BCUT2D eigenvalue weighted by Gasteiger charge is 2.07. The van der Waals surface area contributed by atoms with Gasteiger partial charge in [-0.2, -0.15) is 5.26 Å². The Balaban J connectivity index is 3.24. The molecule has 62 valence electrons. The van der Waals surface area contributed by atoms with Crippen LogP contribution in [0.5, 0.6) is 0 Å². The maximum atomic E-state index is 8.66. The lowest BCUT2D eigenvalue weighted by atomic mass is 10.2. The number of nitrogens with zero attached hydrogens (tertiary/aromatic N) is 3. The normalized spacial score (nSPS) is 9.17. The maximum absolute atomic E-state index is 8.66. The number of nitriles is 1. The highest BCUT2D eigenvalue weighted by atomic mass is 16.8. The van der Waals surface area contributed by atoms with Crippen molar-refractivity contribution in [3.63, 3.8) is 0 Å². The molecule has 1 heterocycles. The van der Waals surface area contributed by atoms with Crippen molar-refractivity contribution in [2.75, 3.05) is 5.23 Å². The molecule has 1 rings (SSSR count). The molecule has 0 radical (unpaired) electrons. The summed E-state index contributed by atoms with van der Waals surface area (Å²) in [5, 5.41) is 25.7. The van der Waals surface area contributed by atoms with Gasteiger partial charge in [0.2, 0.25) is 0 Å². The molecule has 0 aliphatic carbocycles. The Morgan fingerprint density at radius 3 is 2.75 bits per heavy atom. The van der Waals surface area contributed by atoms with Gasteiger partial charge in [-0.15, -0.1) is 5.23 Å². The third-order valence-electron chi connectivity index (χ3n) is 1.33. The number of aromatic nitrogens is 1. The maximum Gasteiger partial charge on any atom is 0.168 e. The zero-order valence-corrected chi connectivity index (χ0v) is 6.39. The van der Waals surface area contributed by atoms with Crippen LogP contribution in [0.25, 0.3) is 0 Å². The largest absolute Gasteiger partial charge is 0.264 e. The van der Waals surface area contributed by atoms with Crippen LogP contribution in [0.2, 0.25) is 0 Å². The van der Waals surface area contributed by atoms with Crippen molar-refractivity contribution in [2.24, 2.45) is 0 Å². The predicted octanol–water partition coefficient (Wildman–Crippen LogP) is 0.847. The third kappa shape index (κ3) is 1.50. The van der Waals surface area contributed by atoms with E-state index in [-0.39, 0.29) is 16.6 Å². The fourth-order valence-corrected chi connectivity index (χ4v) is 0.792. The summed E-state index contributed by atoms with van der Waals surface area (Å²) in [5.74, 6) is 0. The minimum Gasteiger partial charge on any atom is -0.264 e. The van der Waals surface area contributed by atoms with Gasteiger partial charge in [0.1, 0.15) is 11.8 Å². The first-order valence-corrected chi connectivity index (χ1v) is 3.20. The van der Waals surface area contributed by atoms with Gasteiger partial charge < -0.3 is 0 Å². The van der Waals surface area contributed by atoms with Crippen LogP contribution in [0.15, 0.2) is 12.3 Å². The Morgan fingerprint density at radius 2 is 2.25 bits per heavy atom. The molecule has 0 unspecified atom stereocenters. The second-order valence-corrected chi connectivity index (χ2v) is 2.28. The van der Waals surface area contributed by atoms with E-state index in [1.54, 1.807) is 13.0 Å². The molecule has 0 amide bonds. The Bertz CT molecular complexity index is 330. The second-order valence-electron chi connectivity index (χ2n) is 2.28. The van der Waals surface area contributed by atoms with E-state index in [0.29, 0.717) is 0 Å². The summed E-state index contributed by atoms with van der Waals surface area (Å²) in [6.07, 6.45) is 1.48. The van der Waals surface area contributed by atoms with Crippen LogP contribution in [-0.4, -0.2) is 15.4 Å². The molecule has 0 aromatic carbocycles. The van der Waals surface area contributed by atoms with E-state index in [9.17, 15) is 0 Å². The number of pyridine rings is 1. The smallest absolute Gasteiger partial charge is 0.168 e. The molecule has 0 fully saturated rings. The van der Waals surface area contributed by atoms with Gasteiger partial charge in [0.15, 0.2) is 5.69 Å². The fraction of sp³-hybridized carbons (Fsp3) is 0.143. The number of hydrogen-bond donors (Lipinski definition) is 2. The highest BCUT2D eigenvalue weighted by molar-refractivity contribution is 5.53. The minimum absolute atomic E-state index is 0.0162. The molecular formula is C7H7N3O2. The molecule has 0 saturated heterocycles. The Hall–Kier alpha value is -1.64. The van der Waals surface area contributed by atoms with Crippen molar-refractivity contribution in [1.82, 2.24) is 4.98 Å². The van der Waals surface area contributed by atoms with Gasteiger partial charge in [0.25, 0.3) is 0 Å². The number of rotatable bonds is 1. The van der Waals surface area contributed by atoms with Crippen LogP contribution in [0.3, 0.4) is 0 Å². The molecule has 0 atom stereocenters. The van der Waals surface area contributed by atoms with Gasteiger partial charge in [0, 0.05) is 6.20 Å². The molecule has 0 aliphatic rings. The first-order chi connectivity index (χ1) is 5.65. The summed E-state index contributed by atoms with van der Waals surface area (Å²) >= 11 is 0. The van der Waals surface area contributed by atoms with Crippen LogP contribution in [0.4, 0.5) is 5.69 Å². The molecule has 12 heavy (non-hydrogen) atoms. The summed E-state index contributed by atoms with van der Waals surface area (Å²) in [5.41, 5.74) is 0.709. The van der Waals surface area contributed by atoms with Crippen molar-refractivity contribution >= 4 is 5.69 Å². The summed E-state index contributed by atoms with van der Waals surface area (Å²) in [6, 6.07) is 3.18. The van der Waals surface area contributed by atoms with Crippen LogP contribution in [0.1, 0.15) is 11.3 Å². The lowest BCUT2D eigenvalue weighted by molar-refractivity contribution is 0.0288. The molecule has 0 saturated carbocycles. The molecular weight excluding hydrogens is 158 g/mol. The third-order valence-corrected chi connectivity index (χ3v) is 1.33. The Morgan fingerprint density at radius 1 is 1.58 bits per heavy atom. The zero-order valence-electron chi connectivity index (χ0n) is 6.39. The lowest BCUT2D eigenvalue weighted by Gasteiger charge is -2.08. The molecule has 0 bridgehead atoms. The van der Waals surface area contributed by atoms with E-state index >= 15 is 0 Å². The second kappa shape index (κ2) is 3.17. The summed E-state index contributed by atoms with van der Waals surface area (Å²) in [4.78, 5) is 3.70. The van der Waals surface area contributed by atoms with Gasteiger partial charge in [-0.25, -0.2) is 4.98 Å². The van der Waals surface area contributed by atoms with Crippen LogP contribution in [-0.2, 0) is 0 Å². The van der Waals surface area contributed by atoms with E-state index in [4.69, 9.17) is 15.7 Å². The zero-order chi connectivity index (χ0) is 9.14. The quantitative estimate of drug-likeness (QED) is 0.603. The monoisotopic (exact) mass is 165 g/mol. The number of anilines is 1. The first-order valence-electron chi connectivity index (χ1n) is 3.20. The standard InChI is InChI=1S/C7H7N3O2/c1-5-2-7(10(11)12)6(3-8)9-4-5/h2,4,11-12H,1H3. The van der Waals surface area contributed by atoms with Crippen molar-refractivity contribution in [3.05, 3.63) is 23.5 Å². The summed E-state index contributed by atoms with van der Waals surface area (Å²) < 4.78 is 0. The molecule has 2 N–H and O–H groups in total. The first kappa shape index (κ1) is 8.46. The molecule has 1 aromatic rings. The molecule has 1 aromatic heterocycles. The van der Waals surface area contributed by atoms with E-state index in [0.717, 1.165) is 5.56 Å². The van der Waals surface area contributed by atoms with Gasteiger partial charge in [-0.1, -0.05) is 0 Å². The van der Waals surface area contributed by atoms with Crippen molar-refractivity contribution < 1.29 is 10.4 Å². The minimum atomic E-state index is -0.113. The topological polar surface area (TPSA) is 80.4 Å². The molecule has 0 spiro atoms. The van der Waals surface area contributed by atoms with Crippen molar-refractivity contribution in [2.45, 2.75) is 6.92 Å². The average molecular weight is 165 g/mol. The lowest BCUT2D eigenvalue weighted by Crippen LogP contribution is -2.13. The number of hydrogen-bond acceptors (Lipinski definition) is 5. The van der Waals surface area contributed by atoms with Gasteiger partial charge >= 0.3 is 0 Å².